The molecule has 0 radical (unpaired) electrons. The van der Waals surface area contributed by atoms with E-state index in [2.05, 4.69) is 0 Å². The molecule has 6 heteroatoms. The van der Waals surface area contributed by atoms with Gasteiger partial charge < -0.3 is 14.5 Å². The number of likely N-dealkylation sites (tertiary alicyclic amines) is 2. The Bertz CT molecular complexity index is 591. The summed E-state index contributed by atoms with van der Waals surface area (Å²) in [6.45, 7) is 2.88. The third-order valence-corrected chi connectivity index (χ3v) is 5.04. The third kappa shape index (κ3) is 4.71. The van der Waals surface area contributed by atoms with Gasteiger partial charge in [0.15, 0.2) is 6.61 Å². The van der Waals surface area contributed by atoms with Crippen molar-refractivity contribution in [2.75, 3.05) is 32.8 Å². The molecule has 0 unspecified atom stereocenters. The molecule has 0 spiro atoms. The van der Waals surface area contributed by atoms with Gasteiger partial charge in [0, 0.05) is 32.1 Å². The summed E-state index contributed by atoms with van der Waals surface area (Å²) in [6, 6.07) is 5.62. The van der Waals surface area contributed by atoms with Crippen LogP contribution in [0.25, 0.3) is 0 Å². The first-order chi connectivity index (χ1) is 12.1. The minimum absolute atomic E-state index is 0.0418. The predicted octanol–water partition coefficient (Wildman–Crippen LogP) is 2.46. The van der Waals surface area contributed by atoms with Gasteiger partial charge in [-0.05, 0) is 56.4 Å². The van der Waals surface area contributed by atoms with Crippen molar-refractivity contribution in [1.29, 1.82) is 0 Å². The summed E-state index contributed by atoms with van der Waals surface area (Å²) in [4.78, 5) is 28.5. The van der Waals surface area contributed by atoms with Gasteiger partial charge in [-0.15, -0.1) is 0 Å². The van der Waals surface area contributed by atoms with E-state index in [9.17, 15) is 14.0 Å². The number of carbonyl (C=O) groups excluding carboxylic acids is 2. The molecule has 2 amide bonds. The number of ether oxygens (including phenoxy) is 1. The maximum Gasteiger partial charge on any atom is 0.260 e. The average Bonchev–Trinajstić information content (AvgIpc) is 2.67. The maximum absolute atomic E-state index is 12.9. The summed E-state index contributed by atoms with van der Waals surface area (Å²) in [7, 11) is 0. The third-order valence-electron chi connectivity index (χ3n) is 5.04. The van der Waals surface area contributed by atoms with Crippen LogP contribution in [0.2, 0.25) is 0 Å². The van der Waals surface area contributed by atoms with Crippen LogP contribution in [0.4, 0.5) is 4.39 Å². The number of nitrogens with zero attached hydrogens (tertiary/aromatic N) is 2. The van der Waals surface area contributed by atoms with Crippen LogP contribution < -0.4 is 4.74 Å². The zero-order valence-corrected chi connectivity index (χ0v) is 14.5. The van der Waals surface area contributed by atoms with E-state index < -0.39 is 0 Å². The Morgan fingerprint density at radius 1 is 0.960 bits per heavy atom. The number of hydrogen-bond acceptors (Lipinski definition) is 3. The van der Waals surface area contributed by atoms with Gasteiger partial charge >= 0.3 is 0 Å². The SMILES string of the molecule is O=C(COc1ccc(F)cc1)N1CCC(C(=O)N2CCCCC2)CC1. The molecule has 0 aliphatic carbocycles. The van der Waals surface area contributed by atoms with E-state index in [0.717, 1.165) is 38.8 Å². The molecule has 0 atom stereocenters. The zero-order valence-electron chi connectivity index (χ0n) is 14.5. The molecule has 136 valence electrons. The highest BCUT2D eigenvalue weighted by Gasteiger charge is 2.30. The van der Waals surface area contributed by atoms with Gasteiger partial charge in [-0.3, -0.25) is 9.59 Å². The molecule has 5 nitrogen and oxygen atoms in total. The van der Waals surface area contributed by atoms with Crippen LogP contribution in [0.3, 0.4) is 0 Å². The molecule has 0 N–H and O–H groups in total. The van der Waals surface area contributed by atoms with Crippen LogP contribution in [0.5, 0.6) is 5.75 Å². The van der Waals surface area contributed by atoms with E-state index in [1.165, 1.54) is 30.7 Å². The lowest BCUT2D eigenvalue weighted by Crippen LogP contribution is -2.46. The second kappa shape index (κ2) is 8.32. The van der Waals surface area contributed by atoms with Crippen molar-refractivity contribution < 1.29 is 18.7 Å². The molecule has 3 rings (SSSR count). The zero-order chi connectivity index (χ0) is 17.6. The summed E-state index contributed by atoms with van der Waals surface area (Å²) in [5.74, 6) is 0.353. The van der Waals surface area contributed by atoms with Crippen molar-refractivity contribution in [3.63, 3.8) is 0 Å². The average molecular weight is 348 g/mol. The van der Waals surface area contributed by atoms with Gasteiger partial charge in [-0.2, -0.15) is 0 Å². The molecule has 0 bridgehead atoms. The lowest BCUT2D eigenvalue weighted by atomic mass is 9.94. The lowest BCUT2D eigenvalue weighted by molar-refractivity contribution is -0.142. The maximum atomic E-state index is 12.9. The number of rotatable bonds is 4. The molecule has 2 fully saturated rings. The Morgan fingerprint density at radius 2 is 1.60 bits per heavy atom. The second-order valence-electron chi connectivity index (χ2n) is 6.78. The summed E-state index contributed by atoms with van der Waals surface area (Å²) in [5.41, 5.74) is 0. The first-order valence-electron chi connectivity index (χ1n) is 9.08. The molecule has 2 aliphatic rings. The Hall–Kier alpha value is -2.11. The highest BCUT2D eigenvalue weighted by atomic mass is 19.1. The van der Waals surface area contributed by atoms with Gasteiger partial charge in [0.1, 0.15) is 11.6 Å². The standard InChI is InChI=1S/C19H25FN2O3/c20-16-4-6-17(7-5-16)25-14-18(23)21-12-8-15(9-13-21)19(24)22-10-2-1-3-11-22/h4-7,15H,1-3,8-14H2. The number of benzene rings is 1. The fourth-order valence-electron chi connectivity index (χ4n) is 3.52. The van der Waals surface area contributed by atoms with Crippen molar-refractivity contribution in [2.24, 2.45) is 5.92 Å². The van der Waals surface area contributed by atoms with Crippen LogP contribution in [0, 0.1) is 11.7 Å². The molecule has 1 aromatic carbocycles. The van der Waals surface area contributed by atoms with Gasteiger partial charge in [-0.1, -0.05) is 0 Å². The molecular weight excluding hydrogens is 323 g/mol. The van der Waals surface area contributed by atoms with Gasteiger partial charge in [-0.25, -0.2) is 4.39 Å². The largest absolute Gasteiger partial charge is 0.484 e. The summed E-state index contributed by atoms with van der Waals surface area (Å²) >= 11 is 0. The highest BCUT2D eigenvalue weighted by molar-refractivity contribution is 5.80. The van der Waals surface area contributed by atoms with Gasteiger partial charge in [0.05, 0.1) is 0 Å². The number of piperidine rings is 2. The first kappa shape index (κ1) is 17.7. The van der Waals surface area contributed by atoms with E-state index in [1.54, 1.807) is 4.90 Å². The summed E-state index contributed by atoms with van der Waals surface area (Å²) in [6.07, 6.45) is 4.85. The summed E-state index contributed by atoms with van der Waals surface area (Å²) in [5, 5.41) is 0. The van der Waals surface area contributed by atoms with Crippen LogP contribution in [-0.2, 0) is 9.59 Å². The molecule has 0 aromatic heterocycles. The number of amides is 2. The number of halogens is 1. The van der Waals surface area contributed by atoms with Crippen molar-refractivity contribution in [2.45, 2.75) is 32.1 Å². The summed E-state index contributed by atoms with van der Waals surface area (Å²) < 4.78 is 18.3. The van der Waals surface area contributed by atoms with Gasteiger partial charge in [0.2, 0.25) is 5.91 Å². The molecule has 2 heterocycles. The fraction of sp³-hybridized carbons (Fsp3) is 0.579. The quantitative estimate of drug-likeness (QED) is 0.840. The van der Waals surface area contributed by atoms with E-state index in [-0.39, 0.29) is 30.2 Å². The molecule has 0 saturated carbocycles. The topological polar surface area (TPSA) is 49.9 Å². The lowest BCUT2D eigenvalue weighted by Gasteiger charge is -2.35. The predicted molar refractivity (Wildman–Crippen MR) is 91.6 cm³/mol. The molecular formula is C19H25FN2O3. The smallest absolute Gasteiger partial charge is 0.260 e. The van der Waals surface area contributed by atoms with E-state index in [1.807, 2.05) is 4.90 Å². The van der Waals surface area contributed by atoms with E-state index in [0.29, 0.717) is 18.8 Å². The first-order valence-corrected chi connectivity index (χ1v) is 9.08. The monoisotopic (exact) mass is 348 g/mol. The van der Waals surface area contributed by atoms with E-state index >= 15 is 0 Å². The molecule has 2 aliphatic heterocycles. The van der Waals surface area contributed by atoms with Crippen LogP contribution in [0.15, 0.2) is 24.3 Å². The van der Waals surface area contributed by atoms with Gasteiger partial charge in [0.25, 0.3) is 5.91 Å². The second-order valence-corrected chi connectivity index (χ2v) is 6.78. The Balaban J connectivity index is 1.42. The highest BCUT2D eigenvalue weighted by Crippen LogP contribution is 2.22. The number of carbonyl (C=O) groups is 2. The fourth-order valence-corrected chi connectivity index (χ4v) is 3.52. The van der Waals surface area contributed by atoms with Crippen molar-refractivity contribution in [3.8, 4) is 5.75 Å². The Morgan fingerprint density at radius 3 is 2.24 bits per heavy atom. The minimum atomic E-state index is -0.334. The number of hydrogen-bond donors (Lipinski definition) is 0. The molecule has 1 aromatic rings. The van der Waals surface area contributed by atoms with Crippen LogP contribution in [0.1, 0.15) is 32.1 Å². The van der Waals surface area contributed by atoms with Crippen LogP contribution >= 0.6 is 0 Å². The Labute approximate surface area is 147 Å². The van der Waals surface area contributed by atoms with Crippen molar-refractivity contribution in [3.05, 3.63) is 30.1 Å². The van der Waals surface area contributed by atoms with Crippen molar-refractivity contribution in [1.82, 2.24) is 9.80 Å². The normalized spacial score (nSPS) is 18.9. The minimum Gasteiger partial charge on any atom is -0.484 e. The molecule has 25 heavy (non-hydrogen) atoms. The Kier molecular flexibility index (Phi) is 5.89. The van der Waals surface area contributed by atoms with Crippen molar-refractivity contribution >= 4 is 11.8 Å². The molecule has 2 saturated heterocycles. The van der Waals surface area contributed by atoms with Crippen LogP contribution in [-0.4, -0.2) is 54.4 Å². The van der Waals surface area contributed by atoms with E-state index in [4.69, 9.17) is 4.74 Å².